The van der Waals surface area contributed by atoms with Gasteiger partial charge in [-0.3, -0.25) is 0 Å². The second-order valence-corrected chi connectivity index (χ2v) is 5.49. The summed E-state index contributed by atoms with van der Waals surface area (Å²) in [4.78, 5) is 0. The molecule has 15 heavy (non-hydrogen) atoms. The summed E-state index contributed by atoms with van der Waals surface area (Å²) in [5.74, 6) is 0.708. The number of ether oxygens (including phenoxy) is 1. The molecule has 2 nitrogen and oxygen atoms in total. The van der Waals surface area contributed by atoms with Gasteiger partial charge in [-0.25, -0.2) is 0 Å². The van der Waals surface area contributed by atoms with Gasteiger partial charge in [-0.05, 0) is 27.4 Å². The highest BCUT2D eigenvalue weighted by molar-refractivity contribution is 9.10. The minimum absolute atomic E-state index is 0.200. The number of benzene rings is 1. The van der Waals surface area contributed by atoms with Gasteiger partial charge >= 0.3 is 0 Å². The van der Waals surface area contributed by atoms with Gasteiger partial charge < -0.3 is 9.84 Å². The zero-order valence-corrected chi connectivity index (χ0v) is 11.1. The smallest absolute Gasteiger partial charge is 0.138 e. The first-order chi connectivity index (χ1) is 6.88. The van der Waals surface area contributed by atoms with Crippen molar-refractivity contribution in [2.24, 2.45) is 5.41 Å². The topological polar surface area (TPSA) is 29.5 Å². The van der Waals surface area contributed by atoms with E-state index in [0.29, 0.717) is 5.75 Å². The molecule has 0 saturated heterocycles. The van der Waals surface area contributed by atoms with Gasteiger partial charge in [0.2, 0.25) is 0 Å². The summed E-state index contributed by atoms with van der Waals surface area (Å²) in [6.07, 6.45) is -0.537. The molecule has 0 spiro atoms. The van der Waals surface area contributed by atoms with Crippen LogP contribution in [0.25, 0.3) is 0 Å². The molecule has 0 amide bonds. The van der Waals surface area contributed by atoms with E-state index in [1.165, 1.54) is 0 Å². The summed E-state index contributed by atoms with van der Waals surface area (Å²) < 4.78 is 6.15. The molecular formula is C12H17BrO2. The summed E-state index contributed by atoms with van der Waals surface area (Å²) >= 11 is 3.41. The van der Waals surface area contributed by atoms with Gasteiger partial charge in [-0.1, -0.05) is 32.9 Å². The molecule has 3 heteroatoms. The molecule has 0 bridgehead atoms. The fourth-order valence-electron chi connectivity index (χ4n) is 1.42. The van der Waals surface area contributed by atoms with Crippen LogP contribution in [0.5, 0.6) is 5.75 Å². The van der Waals surface area contributed by atoms with Crippen molar-refractivity contribution in [2.45, 2.75) is 26.9 Å². The molecule has 1 rings (SSSR count). The van der Waals surface area contributed by atoms with Crippen LogP contribution < -0.4 is 4.74 Å². The Hall–Kier alpha value is -0.540. The second kappa shape index (κ2) is 4.54. The Labute approximate surface area is 99.4 Å². The van der Waals surface area contributed by atoms with Crippen molar-refractivity contribution in [2.75, 3.05) is 7.11 Å². The van der Waals surface area contributed by atoms with Crippen LogP contribution in [-0.2, 0) is 0 Å². The Morgan fingerprint density at radius 1 is 1.33 bits per heavy atom. The van der Waals surface area contributed by atoms with Crippen LogP contribution in [0.2, 0.25) is 0 Å². The van der Waals surface area contributed by atoms with Gasteiger partial charge in [0, 0.05) is 5.56 Å². The molecule has 0 radical (unpaired) electrons. The highest BCUT2D eigenvalue weighted by Crippen LogP contribution is 2.40. The van der Waals surface area contributed by atoms with E-state index < -0.39 is 6.10 Å². The monoisotopic (exact) mass is 272 g/mol. The lowest BCUT2D eigenvalue weighted by Gasteiger charge is -2.27. The van der Waals surface area contributed by atoms with Crippen molar-refractivity contribution in [1.82, 2.24) is 0 Å². The van der Waals surface area contributed by atoms with Gasteiger partial charge in [0.05, 0.1) is 17.7 Å². The molecule has 1 N–H and O–H groups in total. The van der Waals surface area contributed by atoms with Crippen LogP contribution >= 0.6 is 15.9 Å². The van der Waals surface area contributed by atoms with Crippen molar-refractivity contribution in [3.05, 3.63) is 28.2 Å². The lowest BCUT2D eigenvalue weighted by atomic mass is 9.84. The predicted molar refractivity (Wildman–Crippen MR) is 65.1 cm³/mol. The second-order valence-electron chi connectivity index (χ2n) is 4.63. The number of methoxy groups -OCH3 is 1. The van der Waals surface area contributed by atoms with Gasteiger partial charge in [0.15, 0.2) is 0 Å². The van der Waals surface area contributed by atoms with E-state index in [9.17, 15) is 5.11 Å². The maximum absolute atomic E-state index is 10.2. The SMILES string of the molecule is COc1c(Br)cccc1C(O)C(C)(C)C. The molecule has 0 aliphatic carbocycles. The fraction of sp³-hybridized carbons (Fsp3) is 0.500. The molecule has 0 aromatic heterocycles. The third-order valence-electron chi connectivity index (χ3n) is 2.32. The summed E-state index contributed by atoms with van der Waals surface area (Å²) in [6.45, 7) is 5.99. The van der Waals surface area contributed by atoms with Crippen molar-refractivity contribution in [3.63, 3.8) is 0 Å². The molecule has 0 aliphatic rings. The molecule has 84 valence electrons. The van der Waals surface area contributed by atoms with Crippen molar-refractivity contribution in [1.29, 1.82) is 0 Å². The average Bonchev–Trinajstić information content (AvgIpc) is 2.14. The first-order valence-corrected chi connectivity index (χ1v) is 5.67. The van der Waals surface area contributed by atoms with Crippen molar-refractivity contribution >= 4 is 15.9 Å². The van der Waals surface area contributed by atoms with Crippen molar-refractivity contribution in [3.8, 4) is 5.75 Å². The Morgan fingerprint density at radius 2 is 1.93 bits per heavy atom. The lowest BCUT2D eigenvalue weighted by molar-refractivity contribution is 0.0603. The zero-order valence-electron chi connectivity index (χ0n) is 9.54. The van der Waals surface area contributed by atoms with Crippen molar-refractivity contribution < 1.29 is 9.84 Å². The Kier molecular flexibility index (Phi) is 3.79. The quantitative estimate of drug-likeness (QED) is 0.893. The van der Waals surface area contributed by atoms with Gasteiger partial charge in [-0.15, -0.1) is 0 Å². The summed E-state index contributed by atoms with van der Waals surface area (Å²) in [7, 11) is 1.61. The van der Waals surface area contributed by atoms with E-state index in [0.717, 1.165) is 10.0 Å². The van der Waals surface area contributed by atoms with E-state index in [4.69, 9.17) is 4.74 Å². The maximum Gasteiger partial charge on any atom is 0.138 e. The highest BCUT2D eigenvalue weighted by atomic mass is 79.9. The zero-order chi connectivity index (χ0) is 11.6. The molecule has 0 fully saturated rings. The number of hydrogen-bond donors (Lipinski definition) is 1. The maximum atomic E-state index is 10.2. The van der Waals surface area contributed by atoms with Gasteiger partial charge in [0.1, 0.15) is 5.75 Å². The van der Waals surface area contributed by atoms with E-state index >= 15 is 0 Å². The third-order valence-corrected chi connectivity index (χ3v) is 2.94. The highest BCUT2D eigenvalue weighted by Gasteiger charge is 2.27. The van der Waals surface area contributed by atoms with E-state index in [1.807, 2.05) is 39.0 Å². The standard InChI is InChI=1S/C12H17BrO2/c1-12(2,3)11(14)8-6-5-7-9(13)10(8)15-4/h5-7,11,14H,1-4H3. The molecular weight excluding hydrogens is 256 g/mol. The number of aliphatic hydroxyl groups is 1. The van der Waals surface area contributed by atoms with Crippen LogP contribution in [-0.4, -0.2) is 12.2 Å². The lowest BCUT2D eigenvalue weighted by Crippen LogP contribution is -2.18. The minimum atomic E-state index is -0.537. The normalized spacial score (nSPS) is 13.7. The van der Waals surface area contributed by atoms with Crippen LogP contribution in [0.3, 0.4) is 0 Å². The van der Waals surface area contributed by atoms with Crippen LogP contribution in [0.15, 0.2) is 22.7 Å². The van der Waals surface area contributed by atoms with Gasteiger partial charge in [-0.2, -0.15) is 0 Å². The van der Waals surface area contributed by atoms with Gasteiger partial charge in [0.25, 0.3) is 0 Å². The molecule has 0 saturated carbocycles. The predicted octanol–water partition coefficient (Wildman–Crippen LogP) is 3.54. The summed E-state index contributed by atoms with van der Waals surface area (Å²) in [5.41, 5.74) is 0.619. The number of halogens is 1. The molecule has 0 heterocycles. The summed E-state index contributed by atoms with van der Waals surface area (Å²) in [6, 6.07) is 5.69. The molecule has 0 aliphatic heterocycles. The summed E-state index contributed by atoms with van der Waals surface area (Å²) in [5, 5.41) is 10.2. The molecule has 1 unspecified atom stereocenters. The molecule has 1 aromatic rings. The van der Waals surface area contributed by atoms with E-state index in [2.05, 4.69) is 15.9 Å². The largest absolute Gasteiger partial charge is 0.495 e. The number of aliphatic hydroxyl groups excluding tert-OH is 1. The van der Waals surface area contributed by atoms with E-state index in [-0.39, 0.29) is 5.41 Å². The average molecular weight is 273 g/mol. The Balaban J connectivity index is 3.20. The minimum Gasteiger partial charge on any atom is -0.495 e. The Bertz CT molecular complexity index is 342. The first-order valence-electron chi connectivity index (χ1n) is 4.88. The molecule has 1 aromatic carbocycles. The van der Waals surface area contributed by atoms with E-state index in [1.54, 1.807) is 7.11 Å². The number of para-hydroxylation sites is 1. The third kappa shape index (κ3) is 2.73. The first kappa shape index (κ1) is 12.5. The Morgan fingerprint density at radius 3 is 2.40 bits per heavy atom. The number of rotatable bonds is 2. The number of hydrogen-bond acceptors (Lipinski definition) is 2. The fourth-order valence-corrected chi connectivity index (χ4v) is 1.97. The van der Waals surface area contributed by atoms with Crippen LogP contribution in [0, 0.1) is 5.41 Å². The molecule has 1 atom stereocenters. The van der Waals surface area contributed by atoms with Crippen LogP contribution in [0.1, 0.15) is 32.4 Å². The van der Waals surface area contributed by atoms with Crippen LogP contribution in [0.4, 0.5) is 0 Å².